The van der Waals surface area contributed by atoms with Gasteiger partial charge < -0.3 is 19.7 Å². The number of hydrogen-bond acceptors (Lipinski definition) is 6. The van der Waals surface area contributed by atoms with Gasteiger partial charge in [0.05, 0.1) is 12.8 Å². The molecule has 2 N–H and O–H groups in total. The second-order valence-electron chi connectivity index (χ2n) is 6.46. The minimum Gasteiger partial charge on any atom is -0.490 e. The first kappa shape index (κ1) is 22.9. The second kappa shape index (κ2) is 10.9. The van der Waals surface area contributed by atoms with Gasteiger partial charge in [-0.05, 0) is 51.5 Å². The first-order valence-electron chi connectivity index (χ1n) is 8.94. The number of carbonyl (C=O) groups excluding carboxylic acids is 3. The summed E-state index contributed by atoms with van der Waals surface area (Å²) in [4.78, 5) is 36.6. The molecule has 0 aromatic heterocycles. The van der Waals surface area contributed by atoms with E-state index in [2.05, 4.69) is 15.8 Å². The Hall–Kier alpha value is -3.10. The molecule has 3 amide bonds. The van der Waals surface area contributed by atoms with E-state index in [0.717, 1.165) is 0 Å². The van der Waals surface area contributed by atoms with Crippen molar-refractivity contribution in [2.75, 3.05) is 20.7 Å². The molecule has 1 aromatic rings. The highest BCUT2D eigenvalue weighted by atomic mass is 16.5. The Labute approximate surface area is 165 Å². The molecule has 0 heterocycles. The molecule has 0 radical (unpaired) electrons. The minimum atomic E-state index is -0.856. The largest absolute Gasteiger partial charge is 0.490 e. The molecule has 0 spiro atoms. The standard InChI is InChI=1S/C19H28N4O5/c1-7-27-16-10-14(11-20-22-18(25)17(24)21-12(2)3)8-9-15(16)28-13(4)19(26)23(5)6/h8-13H,7H2,1-6H3,(H,21,24)(H,22,25)/b20-11-/t13-/m0/s1. The number of nitrogens with one attached hydrogen (secondary N) is 2. The van der Waals surface area contributed by atoms with Crippen molar-refractivity contribution in [1.29, 1.82) is 0 Å². The van der Waals surface area contributed by atoms with E-state index in [9.17, 15) is 14.4 Å². The topological polar surface area (TPSA) is 109 Å². The predicted octanol–water partition coefficient (Wildman–Crippen LogP) is 0.916. The SMILES string of the molecule is CCOc1cc(/C=N\NC(=O)C(=O)NC(C)C)ccc1O[C@@H](C)C(=O)N(C)C. The Bertz CT molecular complexity index is 731. The van der Waals surface area contributed by atoms with E-state index >= 15 is 0 Å². The molecule has 28 heavy (non-hydrogen) atoms. The molecule has 0 aliphatic carbocycles. The number of hydrogen-bond donors (Lipinski definition) is 2. The van der Waals surface area contributed by atoms with Gasteiger partial charge in [-0.1, -0.05) is 0 Å². The lowest BCUT2D eigenvalue weighted by atomic mass is 10.2. The van der Waals surface area contributed by atoms with Crippen LogP contribution in [-0.4, -0.2) is 61.7 Å². The number of likely N-dealkylation sites (N-methyl/N-ethyl adjacent to an activating group) is 1. The van der Waals surface area contributed by atoms with Crippen LogP contribution in [0, 0.1) is 0 Å². The number of carbonyl (C=O) groups is 3. The number of nitrogens with zero attached hydrogens (tertiary/aromatic N) is 2. The van der Waals surface area contributed by atoms with Crippen LogP contribution in [-0.2, 0) is 14.4 Å². The fraction of sp³-hybridized carbons (Fsp3) is 0.474. The number of ether oxygens (including phenoxy) is 2. The van der Waals surface area contributed by atoms with E-state index in [1.165, 1.54) is 11.1 Å². The Morgan fingerprint density at radius 3 is 2.39 bits per heavy atom. The number of amides is 3. The van der Waals surface area contributed by atoms with Crippen LogP contribution in [0.25, 0.3) is 0 Å². The summed E-state index contributed by atoms with van der Waals surface area (Å²) in [6.07, 6.45) is 0.703. The molecular weight excluding hydrogens is 364 g/mol. The summed E-state index contributed by atoms with van der Waals surface area (Å²) in [6, 6.07) is 4.86. The maximum atomic E-state index is 12.0. The lowest BCUT2D eigenvalue weighted by Crippen LogP contribution is -2.41. The van der Waals surface area contributed by atoms with Gasteiger partial charge in [-0.2, -0.15) is 5.10 Å². The van der Waals surface area contributed by atoms with Crippen LogP contribution >= 0.6 is 0 Å². The van der Waals surface area contributed by atoms with Gasteiger partial charge in [-0.25, -0.2) is 5.43 Å². The third-order valence-electron chi connectivity index (χ3n) is 3.37. The summed E-state index contributed by atoms with van der Waals surface area (Å²) >= 11 is 0. The van der Waals surface area contributed by atoms with Crippen LogP contribution < -0.4 is 20.2 Å². The summed E-state index contributed by atoms with van der Waals surface area (Å²) in [7, 11) is 3.31. The Morgan fingerprint density at radius 1 is 1.14 bits per heavy atom. The molecule has 1 rings (SSSR count). The van der Waals surface area contributed by atoms with Crippen molar-refractivity contribution < 1.29 is 23.9 Å². The van der Waals surface area contributed by atoms with Gasteiger partial charge in [-0.15, -0.1) is 0 Å². The highest BCUT2D eigenvalue weighted by Gasteiger charge is 2.19. The first-order chi connectivity index (χ1) is 13.1. The van der Waals surface area contributed by atoms with Crippen molar-refractivity contribution in [2.45, 2.75) is 39.8 Å². The summed E-state index contributed by atoms with van der Waals surface area (Å²) in [5.74, 6) is -0.928. The molecule has 1 aromatic carbocycles. The predicted molar refractivity (Wildman–Crippen MR) is 105 cm³/mol. The average Bonchev–Trinajstić information content (AvgIpc) is 2.62. The van der Waals surface area contributed by atoms with E-state index < -0.39 is 17.9 Å². The number of benzene rings is 1. The third-order valence-corrected chi connectivity index (χ3v) is 3.37. The second-order valence-corrected chi connectivity index (χ2v) is 6.46. The molecule has 9 nitrogen and oxygen atoms in total. The summed E-state index contributed by atoms with van der Waals surface area (Å²) in [5, 5.41) is 6.24. The molecule has 0 bridgehead atoms. The molecule has 154 valence electrons. The van der Waals surface area contributed by atoms with Gasteiger partial charge in [0.15, 0.2) is 17.6 Å². The zero-order valence-corrected chi connectivity index (χ0v) is 17.1. The first-order valence-corrected chi connectivity index (χ1v) is 8.94. The lowest BCUT2D eigenvalue weighted by Gasteiger charge is -2.20. The van der Waals surface area contributed by atoms with Crippen LogP contribution in [0.3, 0.4) is 0 Å². The van der Waals surface area contributed by atoms with Crippen LogP contribution in [0.5, 0.6) is 11.5 Å². The van der Waals surface area contributed by atoms with Gasteiger partial charge in [-0.3, -0.25) is 14.4 Å². The van der Waals surface area contributed by atoms with Crippen LogP contribution in [0.4, 0.5) is 0 Å². The maximum absolute atomic E-state index is 12.0. The molecule has 1 atom stereocenters. The van der Waals surface area contributed by atoms with Gasteiger partial charge in [0.1, 0.15) is 0 Å². The fourth-order valence-electron chi connectivity index (χ4n) is 2.12. The van der Waals surface area contributed by atoms with Crippen molar-refractivity contribution >= 4 is 23.9 Å². The maximum Gasteiger partial charge on any atom is 0.329 e. The van der Waals surface area contributed by atoms with Crippen molar-refractivity contribution in [2.24, 2.45) is 5.10 Å². The molecule has 0 saturated carbocycles. The smallest absolute Gasteiger partial charge is 0.329 e. The zero-order chi connectivity index (χ0) is 21.3. The van der Waals surface area contributed by atoms with Gasteiger partial charge in [0, 0.05) is 20.1 Å². The van der Waals surface area contributed by atoms with E-state index in [4.69, 9.17) is 9.47 Å². The summed E-state index contributed by atoms with van der Waals surface area (Å²) in [5.41, 5.74) is 2.78. The van der Waals surface area contributed by atoms with E-state index in [0.29, 0.717) is 23.7 Å². The van der Waals surface area contributed by atoms with E-state index in [-0.39, 0.29) is 11.9 Å². The fourth-order valence-corrected chi connectivity index (χ4v) is 2.12. The number of rotatable bonds is 8. The van der Waals surface area contributed by atoms with Crippen LogP contribution in [0.15, 0.2) is 23.3 Å². The van der Waals surface area contributed by atoms with Crippen molar-refractivity contribution in [3.8, 4) is 11.5 Å². The molecule has 0 aliphatic rings. The highest BCUT2D eigenvalue weighted by molar-refractivity contribution is 6.35. The zero-order valence-electron chi connectivity index (χ0n) is 17.1. The quantitative estimate of drug-likeness (QED) is 0.388. The Morgan fingerprint density at radius 2 is 1.82 bits per heavy atom. The van der Waals surface area contributed by atoms with Crippen molar-refractivity contribution in [3.05, 3.63) is 23.8 Å². The van der Waals surface area contributed by atoms with Crippen molar-refractivity contribution in [1.82, 2.24) is 15.6 Å². The number of hydrazone groups is 1. The molecule has 0 aliphatic heterocycles. The molecule has 0 saturated heterocycles. The third kappa shape index (κ3) is 7.26. The van der Waals surface area contributed by atoms with Gasteiger partial charge in [0.25, 0.3) is 5.91 Å². The minimum absolute atomic E-state index is 0.148. The Kier molecular flexibility index (Phi) is 8.94. The van der Waals surface area contributed by atoms with Crippen LogP contribution in [0.1, 0.15) is 33.3 Å². The Balaban J connectivity index is 2.84. The van der Waals surface area contributed by atoms with Crippen molar-refractivity contribution in [3.63, 3.8) is 0 Å². The molecule has 0 unspecified atom stereocenters. The molecule has 0 fully saturated rings. The summed E-state index contributed by atoms with van der Waals surface area (Å²) < 4.78 is 11.3. The van der Waals surface area contributed by atoms with E-state index in [1.807, 2.05) is 6.92 Å². The monoisotopic (exact) mass is 392 g/mol. The lowest BCUT2D eigenvalue weighted by molar-refractivity contribution is -0.139. The molecular formula is C19H28N4O5. The summed E-state index contributed by atoms with van der Waals surface area (Å²) in [6.45, 7) is 7.39. The average molecular weight is 392 g/mol. The highest BCUT2D eigenvalue weighted by Crippen LogP contribution is 2.29. The normalized spacial score (nSPS) is 11.8. The van der Waals surface area contributed by atoms with Gasteiger partial charge in [0.2, 0.25) is 0 Å². The van der Waals surface area contributed by atoms with Crippen LogP contribution in [0.2, 0.25) is 0 Å². The van der Waals surface area contributed by atoms with E-state index in [1.54, 1.807) is 53.1 Å². The van der Waals surface area contributed by atoms with Gasteiger partial charge >= 0.3 is 11.8 Å². The molecule has 9 heteroatoms.